The molecule has 2 rings (SSSR count). The van der Waals surface area contributed by atoms with Crippen molar-refractivity contribution in [2.24, 2.45) is 11.8 Å². The highest BCUT2D eigenvalue weighted by molar-refractivity contribution is 4.84. The van der Waals surface area contributed by atoms with Gasteiger partial charge in [-0.05, 0) is 50.5 Å². The number of aliphatic hydroxyl groups is 1. The average molecular weight is 197 g/mol. The zero-order valence-electron chi connectivity index (χ0n) is 9.21. The highest BCUT2D eigenvalue weighted by Crippen LogP contribution is 2.30. The predicted molar refractivity (Wildman–Crippen MR) is 58.2 cm³/mol. The molecule has 0 amide bonds. The van der Waals surface area contributed by atoms with Crippen molar-refractivity contribution in [3.63, 3.8) is 0 Å². The molecule has 0 heterocycles. The first kappa shape index (κ1) is 10.4. The topological polar surface area (TPSA) is 32.3 Å². The number of nitrogens with one attached hydrogen (secondary N) is 1. The molecule has 2 nitrogen and oxygen atoms in total. The van der Waals surface area contributed by atoms with Crippen molar-refractivity contribution in [2.75, 3.05) is 6.54 Å². The molecule has 0 aliphatic heterocycles. The van der Waals surface area contributed by atoms with Crippen molar-refractivity contribution in [3.05, 3.63) is 0 Å². The van der Waals surface area contributed by atoms with Crippen LogP contribution in [-0.4, -0.2) is 23.8 Å². The quantitative estimate of drug-likeness (QED) is 0.721. The SMILES string of the molecule is CCC1CCC(NCC2CC(O)C2)C1. The highest BCUT2D eigenvalue weighted by atomic mass is 16.3. The lowest BCUT2D eigenvalue weighted by Crippen LogP contribution is -2.39. The van der Waals surface area contributed by atoms with Gasteiger partial charge in [-0.1, -0.05) is 13.3 Å². The van der Waals surface area contributed by atoms with Crippen LogP contribution in [0.3, 0.4) is 0 Å². The van der Waals surface area contributed by atoms with Crippen LogP contribution >= 0.6 is 0 Å². The summed E-state index contributed by atoms with van der Waals surface area (Å²) in [6.07, 6.45) is 7.57. The van der Waals surface area contributed by atoms with Crippen molar-refractivity contribution in [2.45, 2.75) is 57.6 Å². The van der Waals surface area contributed by atoms with Crippen molar-refractivity contribution in [1.82, 2.24) is 5.32 Å². The van der Waals surface area contributed by atoms with E-state index >= 15 is 0 Å². The van der Waals surface area contributed by atoms with Crippen molar-refractivity contribution < 1.29 is 5.11 Å². The summed E-state index contributed by atoms with van der Waals surface area (Å²) in [5.74, 6) is 1.73. The molecule has 2 atom stereocenters. The summed E-state index contributed by atoms with van der Waals surface area (Å²) in [6, 6.07) is 0.776. The second kappa shape index (κ2) is 4.63. The van der Waals surface area contributed by atoms with Gasteiger partial charge in [0.1, 0.15) is 0 Å². The Morgan fingerprint density at radius 3 is 2.50 bits per heavy atom. The van der Waals surface area contributed by atoms with Crippen LogP contribution in [0.25, 0.3) is 0 Å². The molecule has 0 aromatic carbocycles. The Bertz CT molecular complexity index is 177. The maximum absolute atomic E-state index is 9.16. The van der Waals surface area contributed by atoms with E-state index in [0.29, 0.717) is 0 Å². The van der Waals surface area contributed by atoms with Crippen LogP contribution in [0.2, 0.25) is 0 Å². The maximum atomic E-state index is 9.16. The van der Waals surface area contributed by atoms with Gasteiger partial charge in [-0.15, -0.1) is 0 Å². The minimum absolute atomic E-state index is 0.00812. The van der Waals surface area contributed by atoms with Crippen LogP contribution in [-0.2, 0) is 0 Å². The fourth-order valence-electron chi connectivity index (χ4n) is 2.83. The van der Waals surface area contributed by atoms with Gasteiger partial charge in [0.15, 0.2) is 0 Å². The Kier molecular flexibility index (Phi) is 3.45. The number of rotatable bonds is 4. The Morgan fingerprint density at radius 2 is 1.93 bits per heavy atom. The largest absolute Gasteiger partial charge is 0.393 e. The molecule has 2 fully saturated rings. The second-order valence-electron chi connectivity index (χ2n) is 5.18. The van der Waals surface area contributed by atoms with Crippen LogP contribution in [0.5, 0.6) is 0 Å². The van der Waals surface area contributed by atoms with Crippen molar-refractivity contribution in [3.8, 4) is 0 Å². The van der Waals surface area contributed by atoms with Crippen LogP contribution < -0.4 is 5.32 Å². The van der Waals surface area contributed by atoms with Crippen LogP contribution in [0.15, 0.2) is 0 Å². The molecule has 0 spiro atoms. The molecular weight excluding hydrogens is 174 g/mol. The average Bonchev–Trinajstić information content (AvgIpc) is 2.58. The van der Waals surface area contributed by atoms with E-state index in [4.69, 9.17) is 5.11 Å². The third-order valence-electron chi connectivity index (χ3n) is 4.02. The zero-order valence-corrected chi connectivity index (χ0v) is 9.21. The molecule has 82 valence electrons. The lowest BCUT2D eigenvalue weighted by Gasteiger charge is -2.32. The molecular formula is C12H23NO. The summed E-state index contributed by atoms with van der Waals surface area (Å²) < 4.78 is 0. The lowest BCUT2D eigenvalue weighted by molar-refractivity contribution is 0.0419. The van der Waals surface area contributed by atoms with Gasteiger partial charge in [0, 0.05) is 6.04 Å². The number of hydrogen-bond acceptors (Lipinski definition) is 2. The third kappa shape index (κ3) is 2.48. The Morgan fingerprint density at radius 1 is 1.14 bits per heavy atom. The zero-order chi connectivity index (χ0) is 9.97. The molecule has 2 aliphatic rings. The normalized spacial score (nSPS) is 42.4. The lowest BCUT2D eigenvalue weighted by atomic mass is 9.82. The first-order valence-corrected chi connectivity index (χ1v) is 6.19. The van der Waals surface area contributed by atoms with Crippen LogP contribution in [0, 0.1) is 11.8 Å². The summed E-state index contributed by atoms with van der Waals surface area (Å²) >= 11 is 0. The summed E-state index contributed by atoms with van der Waals surface area (Å²) in [7, 11) is 0. The van der Waals surface area contributed by atoms with Crippen molar-refractivity contribution in [1.29, 1.82) is 0 Å². The van der Waals surface area contributed by atoms with E-state index in [1.165, 1.54) is 25.7 Å². The summed E-state index contributed by atoms with van der Waals surface area (Å²) in [5.41, 5.74) is 0. The second-order valence-corrected chi connectivity index (χ2v) is 5.18. The van der Waals surface area contributed by atoms with E-state index in [1.54, 1.807) is 0 Å². The molecule has 0 saturated heterocycles. The van der Waals surface area contributed by atoms with E-state index in [2.05, 4.69) is 12.2 Å². The summed E-state index contributed by atoms with van der Waals surface area (Å²) in [4.78, 5) is 0. The summed E-state index contributed by atoms with van der Waals surface area (Å²) in [5, 5.41) is 12.8. The van der Waals surface area contributed by atoms with Gasteiger partial charge in [-0.3, -0.25) is 0 Å². The van der Waals surface area contributed by atoms with Gasteiger partial charge < -0.3 is 10.4 Å². The maximum Gasteiger partial charge on any atom is 0.0546 e. The van der Waals surface area contributed by atoms with Gasteiger partial charge in [-0.25, -0.2) is 0 Å². The molecule has 0 aromatic rings. The van der Waals surface area contributed by atoms with Gasteiger partial charge >= 0.3 is 0 Å². The van der Waals surface area contributed by atoms with Crippen LogP contribution in [0.1, 0.15) is 45.4 Å². The standard InChI is InChI=1S/C12H23NO/c1-2-9-3-4-11(5-9)13-8-10-6-12(14)7-10/h9-14H,2-8H2,1H3. The molecule has 2 saturated carbocycles. The minimum Gasteiger partial charge on any atom is -0.393 e. The Labute approximate surface area is 87.1 Å². The van der Waals surface area contributed by atoms with E-state index in [-0.39, 0.29) is 6.10 Å². The third-order valence-corrected chi connectivity index (χ3v) is 4.02. The molecule has 2 unspecified atom stereocenters. The monoisotopic (exact) mass is 197 g/mol. The first-order valence-electron chi connectivity index (χ1n) is 6.19. The summed E-state index contributed by atoms with van der Waals surface area (Å²) in [6.45, 7) is 3.44. The van der Waals surface area contributed by atoms with E-state index in [1.807, 2.05) is 0 Å². The van der Waals surface area contributed by atoms with E-state index < -0.39 is 0 Å². The first-order chi connectivity index (χ1) is 6.78. The van der Waals surface area contributed by atoms with Gasteiger partial charge in [0.25, 0.3) is 0 Å². The molecule has 2 heteroatoms. The molecule has 2 N–H and O–H groups in total. The number of aliphatic hydroxyl groups excluding tert-OH is 1. The molecule has 0 radical (unpaired) electrons. The fraction of sp³-hybridized carbons (Fsp3) is 1.00. The van der Waals surface area contributed by atoms with Crippen LogP contribution in [0.4, 0.5) is 0 Å². The van der Waals surface area contributed by atoms with E-state index in [0.717, 1.165) is 37.3 Å². The smallest absolute Gasteiger partial charge is 0.0546 e. The molecule has 14 heavy (non-hydrogen) atoms. The van der Waals surface area contributed by atoms with Gasteiger partial charge in [-0.2, -0.15) is 0 Å². The molecule has 0 bridgehead atoms. The van der Waals surface area contributed by atoms with E-state index in [9.17, 15) is 0 Å². The fourth-order valence-corrected chi connectivity index (χ4v) is 2.83. The molecule has 0 aromatic heterocycles. The molecule has 2 aliphatic carbocycles. The Balaban J connectivity index is 1.58. The van der Waals surface area contributed by atoms with Gasteiger partial charge in [0.05, 0.1) is 6.10 Å². The van der Waals surface area contributed by atoms with Gasteiger partial charge in [0.2, 0.25) is 0 Å². The highest BCUT2D eigenvalue weighted by Gasteiger charge is 2.29. The minimum atomic E-state index is 0.00812. The predicted octanol–water partition coefficient (Wildman–Crippen LogP) is 1.93. The number of hydrogen-bond donors (Lipinski definition) is 2. The van der Waals surface area contributed by atoms with Crippen molar-refractivity contribution >= 4 is 0 Å². The Hall–Kier alpha value is -0.0800.